The highest BCUT2D eigenvalue weighted by molar-refractivity contribution is 5.29. The maximum Gasteiger partial charge on any atom is 0.133 e. The van der Waals surface area contributed by atoms with Gasteiger partial charge in [0.15, 0.2) is 0 Å². The van der Waals surface area contributed by atoms with Gasteiger partial charge in [-0.25, -0.2) is 8.78 Å². The van der Waals surface area contributed by atoms with Gasteiger partial charge in [-0.2, -0.15) is 0 Å². The molecule has 0 saturated carbocycles. The van der Waals surface area contributed by atoms with Gasteiger partial charge in [0.2, 0.25) is 0 Å². The summed E-state index contributed by atoms with van der Waals surface area (Å²) in [5, 5.41) is 3.26. The Labute approximate surface area is 94.9 Å². The highest BCUT2D eigenvalue weighted by Crippen LogP contribution is 2.30. The number of benzene rings is 1. The van der Waals surface area contributed by atoms with Crippen LogP contribution >= 0.6 is 0 Å². The molecule has 2 rings (SSSR count). The third kappa shape index (κ3) is 2.09. The summed E-state index contributed by atoms with van der Waals surface area (Å²) < 4.78 is 27.6. The van der Waals surface area contributed by atoms with E-state index in [1.54, 1.807) is 6.92 Å². The maximum atomic E-state index is 13.9. The van der Waals surface area contributed by atoms with E-state index >= 15 is 0 Å². The number of hydrogen-bond acceptors (Lipinski definition) is 1. The number of hydrogen-bond donors (Lipinski definition) is 1. The van der Waals surface area contributed by atoms with Gasteiger partial charge >= 0.3 is 0 Å². The standard InChI is InChI=1S/C13H17F2N/c1-8-6-7-10(14)12(13(8)15)11-5-3-4-9(2)16-11/h6-7,9,11,16H,3-5H2,1-2H3. The van der Waals surface area contributed by atoms with Crippen molar-refractivity contribution < 1.29 is 8.78 Å². The largest absolute Gasteiger partial charge is 0.307 e. The zero-order chi connectivity index (χ0) is 11.7. The quantitative estimate of drug-likeness (QED) is 0.771. The third-order valence-corrected chi connectivity index (χ3v) is 3.28. The smallest absolute Gasteiger partial charge is 0.133 e. The molecular weight excluding hydrogens is 208 g/mol. The number of rotatable bonds is 1. The molecule has 88 valence electrons. The monoisotopic (exact) mass is 225 g/mol. The summed E-state index contributed by atoms with van der Waals surface area (Å²) in [6.45, 7) is 3.72. The summed E-state index contributed by atoms with van der Waals surface area (Å²) in [4.78, 5) is 0. The van der Waals surface area contributed by atoms with Gasteiger partial charge in [0.05, 0.1) is 0 Å². The molecule has 0 spiro atoms. The number of nitrogens with one attached hydrogen (secondary N) is 1. The van der Waals surface area contributed by atoms with Gasteiger partial charge in [0.1, 0.15) is 11.6 Å². The molecule has 1 aromatic rings. The fraction of sp³-hybridized carbons (Fsp3) is 0.538. The fourth-order valence-corrected chi connectivity index (χ4v) is 2.36. The van der Waals surface area contributed by atoms with E-state index in [0.29, 0.717) is 11.6 Å². The van der Waals surface area contributed by atoms with E-state index in [1.165, 1.54) is 12.1 Å². The molecule has 3 heteroatoms. The normalized spacial score (nSPS) is 25.8. The molecule has 16 heavy (non-hydrogen) atoms. The zero-order valence-corrected chi connectivity index (χ0v) is 9.69. The van der Waals surface area contributed by atoms with Crippen molar-refractivity contribution in [2.75, 3.05) is 0 Å². The van der Waals surface area contributed by atoms with Gasteiger partial charge in [0, 0.05) is 17.6 Å². The van der Waals surface area contributed by atoms with Crippen molar-refractivity contribution in [3.05, 3.63) is 34.9 Å². The molecule has 0 aromatic heterocycles. The van der Waals surface area contributed by atoms with E-state index in [2.05, 4.69) is 12.2 Å². The topological polar surface area (TPSA) is 12.0 Å². The van der Waals surface area contributed by atoms with Crippen LogP contribution in [-0.2, 0) is 0 Å². The zero-order valence-electron chi connectivity index (χ0n) is 9.69. The van der Waals surface area contributed by atoms with Crippen LogP contribution in [0.4, 0.5) is 8.78 Å². The summed E-state index contributed by atoms with van der Waals surface area (Å²) in [7, 11) is 0. The Hall–Kier alpha value is -0.960. The average Bonchev–Trinajstić information content (AvgIpc) is 2.24. The molecule has 1 aliphatic rings. The predicted octanol–water partition coefficient (Wildman–Crippen LogP) is 3.48. The lowest BCUT2D eigenvalue weighted by Crippen LogP contribution is -2.35. The third-order valence-electron chi connectivity index (χ3n) is 3.28. The van der Waals surface area contributed by atoms with Crippen LogP contribution in [0.3, 0.4) is 0 Å². The molecular formula is C13H17F2N. The Morgan fingerprint density at radius 2 is 2.00 bits per heavy atom. The molecule has 1 aliphatic heterocycles. The predicted molar refractivity (Wildman–Crippen MR) is 60.3 cm³/mol. The molecule has 0 bridgehead atoms. The van der Waals surface area contributed by atoms with Crippen molar-refractivity contribution in [3.63, 3.8) is 0 Å². The highest BCUT2D eigenvalue weighted by Gasteiger charge is 2.25. The second-order valence-electron chi connectivity index (χ2n) is 4.64. The van der Waals surface area contributed by atoms with Crippen LogP contribution in [0.2, 0.25) is 0 Å². The summed E-state index contributed by atoms with van der Waals surface area (Å²) in [6.07, 6.45) is 2.90. The van der Waals surface area contributed by atoms with Crippen molar-refractivity contribution >= 4 is 0 Å². The first kappa shape index (κ1) is 11.5. The minimum Gasteiger partial charge on any atom is -0.307 e. The summed E-state index contributed by atoms with van der Waals surface area (Å²) in [5.74, 6) is -0.832. The Bertz CT molecular complexity index is 390. The number of piperidine rings is 1. The highest BCUT2D eigenvalue weighted by atomic mass is 19.1. The SMILES string of the molecule is Cc1ccc(F)c(C2CCCC(C)N2)c1F. The van der Waals surface area contributed by atoms with Crippen LogP contribution in [-0.4, -0.2) is 6.04 Å². The van der Waals surface area contributed by atoms with E-state index in [9.17, 15) is 8.78 Å². The molecule has 1 saturated heterocycles. The summed E-state index contributed by atoms with van der Waals surface area (Å²) >= 11 is 0. The Morgan fingerprint density at radius 1 is 1.25 bits per heavy atom. The van der Waals surface area contributed by atoms with Crippen molar-refractivity contribution in [1.82, 2.24) is 5.32 Å². The molecule has 2 atom stereocenters. The average molecular weight is 225 g/mol. The second kappa shape index (κ2) is 4.50. The fourth-order valence-electron chi connectivity index (χ4n) is 2.36. The molecule has 1 aromatic carbocycles. The van der Waals surface area contributed by atoms with E-state index in [1.807, 2.05) is 0 Å². The molecule has 0 aliphatic carbocycles. The van der Waals surface area contributed by atoms with Gasteiger partial charge in [-0.3, -0.25) is 0 Å². The van der Waals surface area contributed by atoms with E-state index < -0.39 is 11.6 Å². The Kier molecular flexibility index (Phi) is 3.24. The summed E-state index contributed by atoms with van der Waals surface area (Å²) in [6, 6.07) is 3.00. The van der Waals surface area contributed by atoms with E-state index in [4.69, 9.17) is 0 Å². The van der Waals surface area contributed by atoms with Crippen LogP contribution in [0, 0.1) is 18.6 Å². The van der Waals surface area contributed by atoms with Gasteiger partial charge in [-0.1, -0.05) is 12.5 Å². The maximum absolute atomic E-state index is 13.9. The van der Waals surface area contributed by atoms with Crippen molar-refractivity contribution in [3.8, 4) is 0 Å². The molecule has 1 nitrogen and oxygen atoms in total. The van der Waals surface area contributed by atoms with Crippen molar-refractivity contribution in [1.29, 1.82) is 0 Å². The lowest BCUT2D eigenvalue weighted by Gasteiger charge is -2.29. The first-order valence-electron chi connectivity index (χ1n) is 5.80. The van der Waals surface area contributed by atoms with E-state index in [-0.39, 0.29) is 11.6 Å². The first-order valence-corrected chi connectivity index (χ1v) is 5.80. The van der Waals surface area contributed by atoms with E-state index in [0.717, 1.165) is 19.3 Å². The van der Waals surface area contributed by atoms with Gasteiger partial charge in [-0.05, 0) is 38.3 Å². The van der Waals surface area contributed by atoms with Crippen LogP contribution in [0.25, 0.3) is 0 Å². The Balaban J connectivity index is 2.35. The second-order valence-corrected chi connectivity index (χ2v) is 4.64. The molecule has 2 unspecified atom stereocenters. The molecule has 1 fully saturated rings. The molecule has 1 N–H and O–H groups in total. The van der Waals surface area contributed by atoms with Gasteiger partial charge in [0.25, 0.3) is 0 Å². The molecule has 0 radical (unpaired) electrons. The van der Waals surface area contributed by atoms with Crippen LogP contribution in [0.1, 0.15) is 43.4 Å². The number of halogens is 2. The molecule has 1 heterocycles. The Morgan fingerprint density at radius 3 is 2.69 bits per heavy atom. The minimum atomic E-state index is -0.435. The lowest BCUT2D eigenvalue weighted by molar-refractivity contribution is 0.325. The number of aryl methyl sites for hydroxylation is 1. The van der Waals surface area contributed by atoms with Gasteiger partial charge in [-0.15, -0.1) is 0 Å². The van der Waals surface area contributed by atoms with Crippen molar-refractivity contribution in [2.24, 2.45) is 0 Å². The minimum absolute atomic E-state index is 0.177. The van der Waals surface area contributed by atoms with Crippen LogP contribution in [0.15, 0.2) is 12.1 Å². The summed E-state index contributed by atoms with van der Waals surface area (Å²) in [5.41, 5.74) is 0.725. The first-order chi connectivity index (χ1) is 7.59. The lowest BCUT2D eigenvalue weighted by atomic mass is 9.92. The van der Waals surface area contributed by atoms with Crippen molar-refractivity contribution in [2.45, 2.75) is 45.2 Å². The van der Waals surface area contributed by atoms with Gasteiger partial charge < -0.3 is 5.32 Å². The van der Waals surface area contributed by atoms with Crippen LogP contribution in [0.5, 0.6) is 0 Å². The van der Waals surface area contributed by atoms with Crippen LogP contribution < -0.4 is 5.32 Å². The molecule has 0 amide bonds.